The zero-order valence-electron chi connectivity index (χ0n) is 23.6. The minimum atomic E-state index is -4.93. The maximum absolute atomic E-state index is 14.3. The number of nitrogens with zero attached hydrogens (tertiary/aromatic N) is 2. The van der Waals surface area contributed by atoms with Crippen molar-refractivity contribution < 1.29 is 36.3 Å². The summed E-state index contributed by atoms with van der Waals surface area (Å²) in [5, 5.41) is 5.37. The molecule has 0 aliphatic rings. The van der Waals surface area contributed by atoms with E-state index < -0.39 is 52.7 Å². The van der Waals surface area contributed by atoms with Crippen molar-refractivity contribution in [2.24, 2.45) is 0 Å². The highest BCUT2D eigenvalue weighted by Gasteiger charge is 2.33. The number of halogens is 6. The van der Waals surface area contributed by atoms with E-state index in [1.807, 2.05) is 0 Å². The Balaban J connectivity index is 1.85. The molecule has 0 radical (unpaired) electrons. The summed E-state index contributed by atoms with van der Waals surface area (Å²) in [6, 6.07) is 10.7. The van der Waals surface area contributed by atoms with E-state index in [9.17, 15) is 36.3 Å². The van der Waals surface area contributed by atoms with Crippen molar-refractivity contribution in [2.45, 2.75) is 45.5 Å². The van der Waals surface area contributed by atoms with Gasteiger partial charge in [-0.1, -0.05) is 24.6 Å². The number of ketones is 1. The molecule has 0 fully saturated rings. The molecule has 0 spiro atoms. The van der Waals surface area contributed by atoms with Gasteiger partial charge in [-0.05, 0) is 74.0 Å². The summed E-state index contributed by atoms with van der Waals surface area (Å²) in [5.41, 5.74) is -1.30. The van der Waals surface area contributed by atoms with Gasteiger partial charge in [0.15, 0.2) is 0 Å². The molecule has 2 amide bonds. The average Bonchev–Trinajstić information content (AvgIpc) is 3.30. The van der Waals surface area contributed by atoms with Gasteiger partial charge in [0.05, 0.1) is 29.5 Å². The molecule has 0 aliphatic heterocycles. The molecule has 0 saturated carbocycles. The van der Waals surface area contributed by atoms with Crippen molar-refractivity contribution in [1.82, 2.24) is 14.9 Å². The second-order valence-corrected chi connectivity index (χ2v) is 10.5. The second kappa shape index (κ2) is 13.0. The lowest BCUT2D eigenvalue weighted by atomic mass is 9.96. The van der Waals surface area contributed by atoms with Crippen LogP contribution in [0.15, 0.2) is 66.9 Å². The van der Waals surface area contributed by atoms with Crippen LogP contribution in [0, 0.1) is 11.6 Å². The quantitative estimate of drug-likeness (QED) is 0.189. The lowest BCUT2D eigenvalue weighted by Gasteiger charge is -2.21. The number of hydrogen-bond acceptors (Lipinski definition) is 4. The summed E-state index contributed by atoms with van der Waals surface area (Å²) >= 11 is 6.37. The molecule has 13 heteroatoms. The van der Waals surface area contributed by atoms with Gasteiger partial charge in [0.2, 0.25) is 0 Å². The summed E-state index contributed by atoms with van der Waals surface area (Å²) in [6.07, 6.45) is -3.38. The number of aromatic nitrogens is 2. The number of alkyl halides is 3. The van der Waals surface area contributed by atoms with Crippen LogP contribution in [0.1, 0.15) is 76.1 Å². The summed E-state index contributed by atoms with van der Waals surface area (Å²) in [4.78, 5) is 43.4. The minimum Gasteiger partial charge on any atom is -0.343 e. The Morgan fingerprint density at radius 2 is 1.68 bits per heavy atom. The fourth-order valence-electron chi connectivity index (χ4n) is 4.76. The number of nitrogens with one attached hydrogen (secondary N) is 2. The number of benzene rings is 2. The largest absolute Gasteiger partial charge is 0.416 e. The Bertz CT molecular complexity index is 1720. The molecule has 0 aliphatic carbocycles. The predicted molar refractivity (Wildman–Crippen MR) is 154 cm³/mol. The first kappa shape index (κ1) is 32.3. The molecule has 2 N–H and O–H groups in total. The highest BCUT2D eigenvalue weighted by atomic mass is 35.5. The molecule has 0 bridgehead atoms. The molecule has 2 aromatic heterocycles. The zero-order valence-corrected chi connectivity index (χ0v) is 24.4. The fourth-order valence-corrected chi connectivity index (χ4v) is 5.04. The van der Waals surface area contributed by atoms with Gasteiger partial charge in [-0.2, -0.15) is 13.2 Å². The number of carbonyl (C=O) groups is 3. The molecule has 2 heterocycles. The summed E-state index contributed by atoms with van der Waals surface area (Å²) in [5.74, 6) is -4.96. The maximum atomic E-state index is 14.3. The summed E-state index contributed by atoms with van der Waals surface area (Å²) < 4.78 is 69.7. The molecule has 4 aromatic rings. The Hall–Kier alpha value is -4.58. The van der Waals surface area contributed by atoms with Crippen LogP contribution in [0.25, 0.3) is 0 Å². The number of Topliss-reactive ketones (excluding diaryl/α,β-unsaturated/α-hetero) is 1. The third-order valence-corrected chi connectivity index (χ3v) is 7.15. The van der Waals surface area contributed by atoms with E-state index in [1.54, 1.807) is 38.2 Å². The van der Waals surface area contributed by atoms with E-state index in [0.29, 0.717) is 17.8 Å². The average molecular weight is 633 g/mol. The molecule has 230 valence electrons. The van der Waals surface area contributed by atoms with Gasteiger partial charge in [-0.25, -0.2) is 8.78 Å². The van der Waals surface area contributed by atoms with E-state index in [2.05, 4.69) is 15.6 Å². The predicted octanol–water partition coefficient (Wildman–Crippen LogP) is 7.32. The standard InChI is InChI=1S/C31H26ClF5N4O3/c1-16(42)15-41-27(30(44)39-18(3)25-6-4-5-9-38-25)14-26(28(41)17(2)23-13-21(33)7-8-24(23)32)40-29(43)19-10-20(31(35,36)37)12-22(34)11-19/h4-14,17-18H,15H2,1-3H3,(H,39,44)(H,40,43)/t17-,18+/m1/s1. The van der Waals surface area contributed by atoms with E-state index in [-0.39, 0.29) is 46.1 Å². The second-order valence-electron chi connectivity index (χ2n) is 10.1. The van der Waals surface area contributed by atoms with Crippen LogP contribution < -0.4 is 10.6 Å². The molecular weight excluding hydrogens is 607 g/mol. The first-order valence-electron chi connectivity index (χ1n) is 13.2. The normalized spacial score (nSPS) is 12.8. The van der Waals surface area contributed by atoms with Crippen molar-refractivity contribution in [3.63, 3.8) is 0 Å². The van der Waals surface area contributed by atoms with Crippen LogP contribution >= 0.6 is 11.6 Å². The Labute approximate surface area is 254 Å². The highest BCUT2D eigenvalue weighted by Crippen LogP contribution is 2.37. The van der Waals surface area contributed by atoms with Crippen molar-refractivity contribution in [3.8, 4) is 0 Å². The van der Waals surface area contributed by atoms with E-state index >= 15 is 0 Å². The summed E-state index contributed by atoms with van der Waals surface area (Å²) in [6.45, 7) is 4.18. The van der Waals surface area contributed by atoms with Crippen LogP contribution in [0.5, 0.6) is 0 Å². The molecule has 44 heavy (non-hydrogen) atoms. The number of rotatable bonds is 9. The lowest BCUT2D eigenvalue weighted by molar-refractivity contribution is -0.137. The van der Waals surface area contributed by atoms with Crippen molar-refractivity contribution in [1.29, 1.82) is 0 Å². The van der Waals surface area contributed by atoms with E-state index in [0.717, 1.165) is 12.1 Å². The Kier molecular flexibility index (Phi) is 9.53. The number of anilines is 1. The Morgan fingerprint density at radius 1 is 0.955 bits per heavy atom. The third kappa shape index (κ3) is 7.31. The zero-order chi connectivity index (χ0) is 32.3. The van der Waals surface area contributed by atoms with Crippen LogP contribution in [0.3, 0.4) is 0 Å². The van der Waals surface area contributed by atoms with Crippen molar-refractivity contribution in [3.05, 3.63) is 117 Å². The first-order valence-corrected chi connectivity index (χ1v) is 13.6. The topological polar surface area (TPSA) is 93.1 Å². The van der Waals surface area contributed by atoms with Gasteiger partial charge in [-0.15, -0.1) is 0 Å². The summed E-state index contributed by atoms with van der Waals surface area (Å²) in [7, 11) is 0. The van der Waals surface area contributed by atoms with Gasteiger partial charge < -0.3 is 15.2 Å². The smallest absolute Gasteiger partial charge is 0.343 e. The third-order valence-electron chi connectivity index (χ3n) is 6.80. The van der Waals surface area contributed by atoms with Gasteiger partial charge in [0, 0.05) is 28.4 Å². The molecule has 4 rings (SSSR count). The van der Waals surface area contributed by atoms with Crippen LogP contribution in [0.2, 0.25) is 5.02 Å². The minimum absolute atomic E-state index is 0.0856. The van der Waals surface area contributed by atoms with Gasteiger partial charge in [-0.3, -0.25) is 19.4 Å². The fraction of sp³-hybridized carbons (Fsp3) is 0.226. The molecule has 7 nitrogen and oxygen atoms in total. The molecule has 0 saturated heterocycles. The van der Waals surface area contributed by atoms with Crippen molar-refractivity contribution >= 4 is 34.9 Å². The number of amides is 2. The van der Waals surface area contributed by atoms with Gasteiger partial charge in [0.1, 0.15) is 23.1 Å². The van der Waals surface area contributed by atoms with Crippen LogP contribution in [-0.2, 0) is 17.5 Å². The molecule has 0 unspecified atom stereocenters. The Morgan fingerprint density at radius 3 is 2.32 bits per heavy atom. The number of hydrogen-bond donors (Lipinski definition) is 2. The first-order chi connectivity index (χ1) is 20.6. The monoisotopic (exact) mass is 632 g/mol. The maximum Gasteiger partial charge on any atom is 0.416 e. The number of carbonyl (C=O) groups excluding carboxylic acids is 3. The molecule has 2 atom stereocenters. The van der Waals surface area contributed by atoms with Gasteiger partial charge in [0.25, 0.3) is 11.8 Å². The van der Waals surface area contributed by atoms with Crippen LogP contribution in [-0.4, -0.2) is 27.1 Å². The highest BCUT2D eigenvalue weighted by molar-refractivity contribution is 6.31. The lowest BCUT2D eigenvalue weighted by Crippen LogP contribution is -2.30. The van der Waals surface area contributed by atoms with Crippen molar-refractivity contribution in [2.75, 3.05) is 5.32 Å². The molecular formula is C31H26ClF5N4O3. The number of pyridine rings is 1. The molecule has 2 aromatic carbocycles. The van der Waals surface area contributed by atoms with Gasteiger partial charge >= 0.3 is 6.18 Å². The SMILES string of the molecule is CC(=O)Cn1c(C(=O)N[C@@H](C)c2ccccn2)cc(NC(=O)c2cc(F)cc(C(F)(F)F)c2)c1[C@H](C)c1cc(F)ccc1Cl. The van der Waals surface area contributed by atoms with Crippen LogP contribution in [0.4, 0.5) is 27.6 Å². The van der Waals surface area contributed by atoms with E-state index in [4.69, 9.17) is 11.6 Å². The van der Waals surface area contributed by atoms with E-state index in [1.165, 1.54) is 23.6 Å².